The number of nitrogens with zero attached hydrogens (tertiary/aromatic N) is 2. The third-order valence-electron chi connectivity index (χ3n) is 5.65. The van der Waals surface area contributed by atoms with E-state index in [9.17, 15) is 24.0 Å². The van der Waals surface area contributed by atoms with Crippen LogP contribution in [0.5, 0.6) is 0 Å². The SMILES string of the molecule is CC(=O)CCC(=O)N1CCC(NC(=O)c2ccc3c(c2)C(=O)N(CC(C)C)C3=O)CC1. The Hall–Kier alpha value is -3.03. The summed E-state index contributed by atoms with van der Waals surface area (Å²) in [6.07, 6.45) is 1.73. The van der Waals surface area contributed by atoms with Crippen LogP contribution >= 0.6 is 0 Å². The average Bonchev–Trinajstić information content (AvgIpc) is 2.96. The molecular formula is C23H29N3O5. The third-order valence-corrected chi connectivity index (χ3v) is 5.65. The molecule has 1 aromatic carbocycles. The van der Waals surface area contributed by atoms with E-state index in [1.54, 1.807) is 17.0 Å². The van der Waals surface area contributed by atoms with Gasteiger partial charge in [-0.05, 0) is 43.9 Å². The normalized spacial score (nSPS) is 16.6. The number of nitrogens with one attached hydrogen (secondary N) is 1. The van der Waals surface area contributed by atoms with Crippen LogP contribution in [0.1, 0.15) is 77.5 Å². The summed E-state index contributed by atoms with van der Waals surface area (Å²) in [5.41, 5.74) is 0.940. The maximum atomic E-state index is 12.7. The first-order chi connectivity index (χ1) is 14.7. The summed E-state index contributed by atoms with van der Waals surface area (Å²) >= 11 is 0. The molecule has 0 radical (unpaired) electrons. The largest absolute Gasteiger partial charge is 0.349 e. The Morgan fingerprint density at radius 1 is 1.03 bits per heavy atom. The molecule has 0 saturated carbocycles. The van der Waals surface area contributed by atoms with Crippen LogP contribution in [0.4, 0.5) is 0 Å². The summed E-state index contributed by atoms with van der Waals surface area (Å²) in [6, 6.07) is 4.53. The second-order valence-electron chi connectivity index (χ2n) is 8.71. The highest BCUT2D eigenvalue weighted by molar-refractivity contribution is 6.22. The van der Waals surface area contributed by atoms with Crippen LogP contribution in [-0.2, 0) is 9.59 Å². The van der Waals surface area contributed by atoms with Gasteiger partial charge < -0.3 is 15.0 Å². The quantitative estimate of drug-likeness (QED) is 0.671. The number of benzene rings is 1. The molecule has 1 saturated heterocycles. The van der Waals surface area contributed by atoms with E-state index in [1.165, 1.54) is 17.9 Å². The Morgan fingerprint density at radius 3 is 2.29 bits per heavy atom. The van der Waals surface area contributed by atoms with Gasteiger partial charge in [0.25, 0.3) is 17.7 Å². The number of hydrogen-bond acceptors (Lipinski definition) is 5. The van der Waals surface area contributed by atoms with Gasteiger partial charge in [-0.2, -0.15) is 0 Å². The fourth-order valence-corrected chi connectivity index (χ4v) is 3.95. The van der Waals surface area contributed by atoms with Crippen molar-refractivity contribution in [3.05, 3.63) is 34.9 Å². The number of hydrogen-bond donors (Lipinski definition) is 1. The smallest absolute Gasteiger partial charge is 0.261 e. The lowest BCUT2D eigenvalue weighted by Crippen LogP contribution is -2.46. The lowest BCUT2D eigenvalue weighted by atomic mass is 10.0. The van der Waals surface area contributed by atoms with Gasteiger partial charge in [0, 0.05) is 44.1 Å². The van der Waals surface area contributed by atoms with Crippen molar-refractivity contribution in [2.45, 2.75) is 52.5 Å². The lowest BCUT2D eigenvalue weighted by molar-refractivity contribution is -0.133. The minimum Gasteiger partial charge on any atom is -0.349 e. The lowest BCUT2D eigenvalue weighted by Gasteiger charge is -2.32. The molecule has 2 aliphatic rings. The predicted molar refractivity (Wildman–Crippen MR) is 114 cm³/mol. The van der Waals surface area contributed by atoms with Crippen molar-refractivity contribution in [1.29, 1.82) is 0 Å². The summed E-state index contributed by atoms with van der Waals surface area (Å²) in [5.74, 6) is -0.856. The van der Waals surface area contributed by atoms with Gasteiger partial charge in [0.1, 0.15) is 5.78 Å². The molecule has 1 N–H and O–H groups in total. The molecule has 166 valence electrons. The molecule has 0 atom stereocenters. The highest BCUT2D eigenvalue weighted by Gasteiger charge is 2.36. The molecule has 0 spiro atoms. The highest BCUT2D eigenvalue weighted by Crippen LogP contribution is 2.25. The number of carbonyl (C=O) groups excluding carboxylic acids is 5. The fourth-order valence-electron chi connectivity index (χ4n) is 3.95. The summed E-state index contributed by atoms with van der Waals surface area (Å²) in [7, 11) is 0. The Kier molecular flexibility index (Phi) is 6.87. The zero-order valence-corrected chi connectivity index (χ0v) is 18.3. The van der Waals surface area contributed by atoms with Gasteiger partial charge in [0.2, 0.25) is 5.91 Å². The Labute approximate surface area is 182 Å². The molecule has 31 heavy (non-hydrogen) atoms. The van der Waals surface area contributed by atoms with Gasteiger partial charge in [-0.3, -0.25) is 24.1 Å². The number of piperidine rings is 1. The molecule has 8 heteroatoms. The van der Waals surface area contributed by atoms with Crippen molar-refractivity contribution in [2.24, 2.45) is 5.92 Å². The van der Waals surface area contributed by atoms with Crippen LogP contribution in [-0.4, -0.2) is 64.9 Å². The summed E-state index contributed by atoms with van der Waals surface area (Å²) in [6.45, 7) is 6.75. The molecule has 2 aliphatic heterocycles. The number of Topliss-reactive ketones (excluding diaryl/α,β-unsaturated/α-hetero) is 1. The zero-order valence-electron chi connectivity index (χ0n) is 18.3. The number of likely N-dealkylation sites (tertiary alicyclic amines) is 1. The first-order valence-electron chi connectivity index (χ1n) is 10.8. The molecule has 0 aliphatic carbocycles. The fraction of sp³-hybridized carbons (Fsp3) is 0.522. The Bertz CT molecular complexity index is 916. The molecule has 8 nitrogen and oxygen atoms in total. The van der Waals surface area contributed by atoms with Crippen molar-refractivity contribution in [2.75, 3.05) is 19.6 Å². The van der Waals surface area contributed by atoms with E-state index < -0.39 is 0 Å². The summed E-state index contributed by atoms with van der Waals surface area (Å²) in [5, 5.41) is 2.96. The van der Waals surface area contributed by atoms with E-state index in [-0.39, 0.29) is 59.8 Å². The Balaban J connectivity index is 1.58. The topological polar surface area (TPSA) is 104 Å². The summed E-state index contributed by atoms with van der Waals surface area (Å²) < 4.78 is 0. The Morgan fingerprint density at radius 2 is 1.68 bits per heavy atom. The van der Waals surface area contributed by atoms with Crippen LogP contribution in [0.25, 0.3) is 0 Å². The molecule has 2 heterocycles. The van der Waals surface area contributed by atoms with E-state index in [1.807, 2.05) is 13.8 Å². The van der Waals surface area contributed by atoms with Gasteiger partial charge in [0.15, 0.2) is 0 Å². The van der Waals surface area contributed by atoms with Crippen molar-refractivity contribution < 1.29 is 24.0 Å². The van der Waals surface area contributed by atoms with Crippen LogP contribution in [0.15, 0.2) is 18.2 Å². The number of imide groups is 1. The van der Waals surface area contributed by atoms with Crippen LogP contribution < -0.4 is 5.32 Å². The van der Waals surface area contributed by atoms with Crippen molar-refractivity contribution in [3.8, 4) is 0 Å². The molecule has 0 unspecified atom stereocenters. The minimum atomic E-state index is -0.360. The van der Waals surface area contributed by atoms with E-state index in [4.69, 9.17) is 0 Å². The maximum Gasteiger partial charge on any atom is 0.261 e. The molecule has 0 bridgehead atoms. The van der Waals surface area contributed by atoms with Gasteiger partial charge in [-0.15, -0.1) is 0 Å². The van der Waals surface area contributed by atoms with E-state index >= 15 is 0 Å². The van der Waals surface area contributed by atoms with Gasteiger partial charge >= 0.3 is 0 Å². The molecular weight excluding hydrogens is 398 g/mol. The second kappa shape index (κ2) is 9.41. The van der Waals surface area contributed by atoms with Crippen molar-refractivity contribution >= 4 is 29.4 Å². The summed E-state index contributed by atoms with van der Waals surface area (Å²) in [4.78, 5) is 63.9. The highest BCUT2D eigenvalue weighted by atomic mass is 16.2. The molecule has 1 fully saturated rings. The average molecular weight is 428 g/mol. The molecule has 1 aromatic rings. The molecule has 3 rings (SSSR count). The van der Waals surface area contributed by atoms with E-state index in [0.717, 1.165) is 0 Å². The van der Waals surface area contributed by atoms with Gasteiger partial charge in [-0.25, -0.2) is 0 Å². The van der Waals surface area contributed by atoms with Gasteiger partial charge in [-0.1, -0.05) is 13.8 Å². The standard InChI is InChI=1S/C23H29N3O5/c1-14(2)13-26-22(30)18-6-5-16(12-19(18)23(26)31)21(29)24-17-8-10-25(11-9-17)20(28)7-4-15(3)27/h5-6,12,14,17H,4,7-11,13H2,1-3H3,(H,24,29). The number of fused-ring (bicyclic) bond motifs is 1. The first kappa shape index (κ1) is 22.7. The monoisotopic (exact) mass is 427 g/mol. The molecule has 4 amide bonds. The van der Waals surface area contributed by atoms with Crippen molar-refractivity contribution in [1.82, 2.24) is 15.1 Å². The maximum absolute atomic E-state index is 12.7. The number of amides is 4. The third kappa shape index (κ3) is 5.18. The van der Waals surface area contributed by atoms with Crippen LogP contribution in [0.2, 0.25) is 0 Å². The van der Waals surface area contributed by atoms with Crippen LogP contribution in [0.3, 0.4) is 0 Å². The number of ketones is 1. The van der Waals surface area contributed by atoms with Crippen molar-refractivity contribution in [3.63, 3.8) is 0 Å². The van der Waals surface area contributed by atoms with Crippen LogP contribution in [0, 0.1) is 5.92 Å². The first-order valence-corrected chi connectivity index (χ1v) is 10.8. The predicted octanol–water partition coefficient (Wildman–Crippen LogP) is 2.03. The number of carbonyl (C=O) groups is 5. The molecule has 0 aromatic heterocycles. The number of rotatable bonds is 7. The van der Waals surface area contributed by atoms with E-state index in [2.05, 4.69) is 5.32 Å². The second-order valence-corrected chi connectivity index (χ2v) is 8.71. The minimum absolute atomic E-state index is 0.00245. The zero-order chi connectivity index (χ0) is 22.7. The van der Waals surface area contributed by atoms with E-state index in [0.29, 0.717) is 43.6 Å². The van der Waals surface area contributed by atoms with Gasteiger partial charge in [0.05, 0.1) is 11.1 Å².